The molecule has 2 aromatic rings. The Morgan fingerprint density at radius 3 is 2.58 bits per heavy atom. The third-order valence-electron chi connectivity index (χ3n) is 9.48. The molecule has 206 valence electrons. The summed E-state index contributed by atoms with van der Waals surface area (Å²) in [7, 11) is 0. The van der Waals surface area contributed by atoms with Gasteiger partial charge in [-0.2, -0.15) is 0 Å². The van der Waals surface area contributed by atoms with Gasteiger partial charge >= 0.3 is 5.97 Å². The Kier molecular flexibility index (Phi) is 6.89. The molecule has 3 fully saturated rings. The molecule has 6 rings (SSSR count). The molecule has 2 saturated carbocycles. The molecule has 3 N–H and O–H groups in total. The lowest BCUT2D eigenvalue weighted by Gasteiger charge is -2.61. The SMILES string of the molecule is Cc1cc(O)c2c(c1)OC1(C)CCC3C(C)(C)CCCC34COC2C14.O=C(OCCO)c1ccccc1O. The van der Waals surface area contributed by atoms with Crippen molar-refractivity contribution in [3.05, 3.63) is 53.1 Å². The number of phenolic OH excluding ortho intramolecular Hbond substituents is 2. The Morgan fingerprint density at radius 1 is 1.08 bits per heavy atom. The first-order valence-corrected chi connectivity index (χ1v) is 13.7. The van der Waals surface area contributed by atoms with Crippen molar-refractivity contribution in [2.45, 2.75) is 71.5 Å². The van der Waals surface area contributed by atoms with E-state index in [1.165, 1.54) is 37.8 Å². The predicted octanol–water partition coefficient (Wildman–Crippen LogP) is 5.69. The molecule has 0 radical (unpaired) electrons. The molecule has 0 aromatic heterocycles. The molecule has 7 heteroatoms. The lowest BCUT2D eigenvalue weighted by molar-refractivity contribution is -0.156. The highest BCUT2D eigenvalue weighted by Gasteiger charge is 2.69. The summed E-state index contributed by atoms with van der Waals surface area (Å²) in [6, 6.07) is 10.0. The lowest BCUT2D eigenvalue weighted by Crippen LogP contribution is -2.61. The number of aryl methyl sites for hydroxylation is 1. The van der Waals surface area contributed by atoms with Crippen molar-refractivity contribution in [2.24, 2.45) is 22.7 Å². The number of rotatable bonds is 3. The van der Waals surface area contributed by atoms with Crippen LogP contribution in [-0.2, 0) is 9.47 Å². The number of aliphatic hydroxyl groups excluding tert-OH is 1. The number of aromatic hydroxyl groups is 2. The van der Waals surface area contributed by atoms with E-state index >= 15 is 0 Å². The Balaban J connectivity index is 0.000000193. The zero-order valence-corrected chi connectivity index (χ0v) is 22.8. The minimum atomic E-state index is -0.632. The standard InChI is InChI=1S/C22H30O3.C9H10O4/c1-13-10-14(23)17-15(11-13)25-21(4)9-6-16-20(2,3)7-5-8-22(16)12-24-18(17)19(21)22;10-5-6-13-9(12)7-3-1-2-4-8(7)11/h10-11,16,18-19,23H,5-9,12H2,1-4H3;1-4,10-11H,5-6H2. The number of aliphatic hydroxyl groups is 1. The maximum atomic E-state index is 11.1. The highest BCUT2D eigenvalue weighted by atomic mass is 16.5. The molecule has 5 atom stereocenters. The van der Waals surface area contributed by atoms with Crippen molar-refractivity contribution in [3.63, 3.8) is 0 Å². The van der Waals surface area contributed by atoms with E-state index in [0.29, 0.717) is 23.0 Å². The van der Waals surface area contributed by atoms with E-state index in [1.54, 1.807) is 12.1 Å². The van der Waals surface area contributed by atoms with Gasteiger partial charge in [-0.1, -0.05) is 32.4 Å². The Labute approximate surface area is 224 Å². The van der Waals surface area contributed by atoms with E-state index in [4.69, 9.17) is 14.6 Å². The number of fused-ring (bicyclic) bond motifs is 2. The van der Waals surface area contributed by atoms with Crippen LogP contribution in [0.15, 0.2) is 36.4 Å². The molecule has 7 nitrogen and oxygen atoms in total. The number of hydrogen-bond donors (Lipinski definition) is 3. The Morgan fingerprint density at radius 2 is 1.84 bits per heavy atom. The fourth-order valence-corrected chi connectivity index (χ4v) is 8.06. The van der Waals surface area contributed by atoms with Gasteiger partial charge in [0.15, 0.2) is 0 Å². The third-order valence-corrected chi connectivity index (χ3v) is 9.48. The topological polar surface area (TPSA) is 105 Å². The van der Waals surface area contributed by atoms with E-state index in [-0.39, 0.29) is 41.6 Å². The first kappa shape index (κ1) is 26.8. The van der Waals surface area contributed by atoms with Gasteiger partial charge in [-0.05, 0) is 80.7 Å². The van der Waals surface area contributed by atoms with Crippen molar-refractivity contribution in [1.29, 1.82) is 0 Å². The summed E-state index contributed by atoms with van der Waals surface area (Å²) in [4.78, 5) is 11.1. The first-order valence-electron chi connectivity index (χ1n) is 13.7. The van der Waals surface area contributed by atoms with Crippen molar-refractivity contribution in [3.8, 4) is 17.2 Å². The lowest BCUT2D eigenvalue weighted by atomic mass is 9.44. The molecule has 38 heavy (non-hydrogen) atoms. The maximum absolute atomic E-state index is 11.1. The second-order valence-electron chi connectivity index (χ2n) is 12.4. The van der Waals surface area contributed by atoms with Crippen molar-refractivity contribution < 1.29 is 34.3 Å². The maximum Gasteiger partial charge on any atom is 0.341 e. The molecule has 5 unspecified atom stereocenters. The van der Waals surface area contributed by atoms with Gasteiger partial charge in [0.1, 0.15) is 35.0 Å². The zero-order chi connectivity index (χ0) is 27.3. The van der Waals surface area contributed by atoms with Gasteiger partial charge in [0.2, 0.25) is 0 Å². The highest BCUT2D eigenvalue weighted by molar-refractivity contribution is 5.92. The average Bonchev–Trinajstić information content (AvgIpc) is 3.23. The number of esters is 1. The first-order chi connectivity index (χ1) is 18.0. The second-order valence-corrected chi connectivity index (χ2v) is 12.4. The quantitative estimate of drug-likeness (QED) is 0.443. The van der Waals surface area contributed by atoms with Crippen molar-refractivity contribution >= 4 is 5.97 Å². The van der Waals surface area contributed by atoms with Gasteiger partial charge in [0.25, 0.3) is 0 Å². The smallest absolute Gasteiger partial charge is 0.341 e. The Bertz CT molecular complexity index is 1210. The van der Waals surface area contributed by atoms with Gasteiger partial charge < -0.3 is 29.5 Å². The average molecular weight is 525 g/mol. The highest BCUT2D eigenvalue weighted by Crippen LogP contribution is 2.71. The Hall–Kier alpha value is -2.77. The molecule has 2 heterocycles. The minimum absolute atomic E-state index is 0.0222. The summed E-state index contributed by atoms with van der Waals surface area (Å²) in [5.74, 6) is 1.47. The number of para-hydroxylation sites is 1. The summed E-state index contributed by atoms with van der Waals surface area (Å²) in [6.07, 6.45) is 6.12. The normalized spacial score (nSPS) is 32.0. The van der Waals surface area contributed by atoms with Crippen LogP contribution in [0.2, 0.25) is 0 Å². The van der Waals surface area contributed by atoms with Crippen LogP contribution in [0, 0.1) is 29.6 Å². The number of carbonyl (C=O) groups excluding carboxylic acids is 1. The van der Waals surface area contributed by atoms with Gasteiger partial charge in [-0.25, -0.2) is 4.79 Å². The van der Waals surface area contributed by atoms with Crippen molar-refractivity contribution in [2.75, 3.05) is 19.8 Å². The van der Waals surface area contributed by atoms with Crippen LogP contribution in [0.4, 0.5) is 0 Å². The van der Waals surface area contributed by atoms with Crippen LogP contribution < -0.4 is 4.74 Å². The van der Waals surface area contributed by atoms with Crippen LogP contribution in [0.3, 0.4) is 0 Å². The van der Waals surface area contributed by atoms with E-state index in [2.05, 4.69) is 31.6 Å². The third kappa shape index (κ3) is 4.34. The van der Waals surface area contributed by atoms with Crippen LogP contribution in [0.1, 0.15) is 80.5 Å². The van der Waals surface area contributed by atoms with Crippen LogP contribution in [0.25, 0.3) is 0 Å². The summed E-state index contributed by atoms with van der Waals surface area (Å²) in [5, 5.41) is 28.3. The summed E-state index contributed by atoms with van der Waals surface area (Å²) >= 11 is 0. The van der Waals surface area contributed by atoms with Gasteiger partial charge in [-0.3, -0.25) is 0 Å². The van der Waals surface area contributed by atoms with E-state index in [9.17, 15) is 15.0 Å². The zero-order valence-electron chi connectivity index (χ0n) is 22.8. The summed E-state index contributed by atoms with van der Waals surface area (Å²) in [6.45, 7) is 9.74. The van der Waals surface area contributed by atoms with Gasteiger partial charge in [-0.15, -0.1) is 0 Å². The number of benzene rings is 2. The molecule has 2 aliphatic carbocycles. The number of ether oxygens (including phenoxy) is 3. The number of carbonyl (C=O) groups is 1. The summed E-state index contributed by atoms with van der Waals surface area (Å²) < 4.78 is 17.7. The van der Waals surface area contributed by atoms with Crippen LogP contribution >= 0.6 is 0 Å². The summed E-state index contributed by atoms with van der Waals surface area (Å²) in [5.41, 5.74) is 2.43. The van der Waals surface area contributed by atoms with E-state index in [1.807, 2.05) is 13.0 Å². The van der Waals surface area contributed by atoms with E-state index in [0.717, 1.165) is 29.9 Å². The van der Waals surface area contributed by atoms with E-state index < -0.39 is 5.97 Å². The molecule has 2 aromatic carbocycles. The largest absolute Gasteiger partial charge is 0.507 e. The monoisotopic (exact) mass is 524 g/mol. The fraction of sp³-hybridized carbons (Fsp3) is 0.581. The molecule has 4 aliphatic rings. The van der Waals surface area contributed by atoms with Crippen LogP contribution in [0.5, 0.6) is 17.2 Å². The minimum Gasteiger partial charge on any atom is -0.507 e. The molecule has 0 amide bonds. The van der Waals surface area contributed by atoms with Crippen molar-refractivity contribution in [1.82, 2.24) is 0 Å². The molecule has 2 aliphatic heterocycles. The predicted molar refractivity (Wildman–Crippen MR) is 142 cm³/mol. The molecule has 1 saturated heterocycles. The number of phenols is 2. The molecular formula is C31H40O7. The number of hydrogen-bond acceptors (Lipinski definition) is 7. The fourth-order valence-electron chi connectivity index (χ4n) is 8.06. The molecule has 1 spiro atoms. The van der Waals surface area contributed by atoms with Crippen LogP contribution in [-0.4, -0.2) is 46.7 Å². The molecular weight excluding hydrogens is 484 g/mol. The van der Waals surface area contributed by atoms with Gasteiger partial charge in [0, 0.05) is 11.3 Å². The van der Waals surface area contributed by atoms with Gasteiger partial charge in [0.05, 0.1) is 24.9 Å². The molecule has 0 bridgehead atoms. The second kappa shape index (κ2) is 9.76.